The second-order valence-electron chi connectivity index (χ2n) is 5.15. The summed E-state index contributed by atoms with van der Waals surface area (Å²) in [6.07, 6.45) is 0.985. The van der Waals surface area contributed by atoms with Gasteiger partial charge in [-0.3, -0.25) is 0 Å². The minimum Gasteiger partial charge on any atom is -0.362 e. The lowest BCUT2D eigenvalue weighted by molar-refractivity contribution is 0.988. The van der Waals surface area contributed by atoms with Gasteiger partial charge in [-0.1, -0.05) is 36.7 Å². The Kier molecular flexibility index (Phi) is 7.21. The zero-order chi connectivity index (χ0) is 16.7. The van der Waals surface area contributed by atoms with Crippen molar-refractivity contribution >= 4 is 46.4 Å². The van der Waals surface area contributed by atoms with E-state index in [2.05, 4.69) is 42.7 Å². The molecular formula is C18H21ClN2S2. The van der Waals surface area contributed by atoms with Crippen molar-refractivity contribution in [1.82, 2.24) is 5.32 Å². The topological polar surface area (TPSA) is 24.1 Å². The molecule has 2 aromatic carbocycles. The molecule has 0 bridgehead atoms. The average Bonchev–Trinajstić information content (AvgIpc) is 2.55. The summed E-state index contributed by atoms with van der Waals surface area (Å²) in [5, 5.41) is 8.03. The molecule has 5 heteroatoms. The van der Waals surface area contributed by atoms with E-state index in [9.17, 15) is 0 Å². The number of anilines is 1. The summed E-state index contributed by atoms with van der Waals surface area (Å²) < 4.78 is 0. The van der Waals surface area contributed by atoms with E-state index in [1.807, 2.05) is 24.3 Å². The highest BCUT2D eigenvalue weighted by Crippen LogP contribution is 2.21. The Hall–Kier alpha value is -1.23. The normalized spacial score (nSPS) is 10.4. The number of nitrogens with one attached hydrogen (secondary N) is 2. The van der Waals surface area contributed by atoms with E-state index in [4.69, 9.17) is 23.8 Å². The molecule has 0 atom stereocenters. The smallest absolute Gasteiger partial charge is 0.170 e. The lowest BCUT2D eigenvalue weighted by atomic mass is 10.1. The predicted octanol–water partition coefficient (Wildman–Crippen LogP) is 5.29. The Balaban J connectivity index is 1.78. The van der Waals surface area contributed by atoms with Crippen molar-refractivity contribution in [3.63, 3.8) is 0 Å². The van der Waals surface area contributed by atoms with Gasteiger partial charge >= 0.3 is 0 Å². The standard InChI is InChI=1S/C18H21ClN2S2/c1-3-14-6-4-5-13(2)17(14)21-18(22)20-11-12-23-16-9-7-15(19)8-10-16/h4-10H,3,11-12H2,1-2H3,(H2,20,21,22). The highest BCUT2D eigenvalue weighted by atomic mass is 35.5. The van der Waals surface area contributed by atoms with Gasteiger partial charge in [0.05, 0.1) is 0 Å². The molecule has 2 N–H and O–H groups in total. The highest BCUT2D eigenvalue weighted by molar-refractivity contribution is 7.99. The van der Waals surface area contributed by atoms with Crippen molar-refractivity contribution in [2.45, 2.75) is 25.2 Å². The number of para-hydroxylation sites is 1. The quantitative estimate of drug-likeness (QED) is 0.413. The van der Waals surface area contributed by atoms with Crippen LogP contribution in [-0.4, -0.2) is 17.4 Å². The van der Waals surface area contributed by atoms with E-state index < -0.39 is 0 Å². The summed E-state index contributed by atoms with van der Waals surface area (Å²) in [4.78, 5) is 1.21. The van der Waals surface area contributed by atoms with Gasteiger partial charge in [-0.05, 0) is 61.0 Å². The third-order valence-electron chi connectivity index (χ3n) is 3.45. The Morgan fingerprint density at radius 2 is 1.91 bits per heavy atom. The highest BCUT2D eigenvalue weighted by Gasteiger charge is 2.05. The Morgan fingerprint density at radius 1 is 1.17 bits per heavy atom. The number of thioether (sulfide) groups is 1. The molecule has 0 saturated carbocycles. The molecule has 0 aromatic heterocycles. The van der Waals surface area contributed by atoms with Gasteiger partial charge in [-0.2, -0.15) is 0 Å². The van der Waals surface area contributed by atoms with Gasteiger partial charge in [0, 0.05) is 27.9 Å². The van der Waals surface area contributed by atoms with Gasteiger partial charge in [0.15, 0.2) is 5.11 Å². The molecule has 2 rings (SSSR count). The molecule has 0 aliphatic rings. The van der Waals surface area contributed by atoms with Crippen LogP contribution in [-0.2, 0) is 6.42 Å². The summed E-state index contributed by atoms with van der Waals surface area (Å²) in [6, 6.07) is 14.2. The van der Waals surface area contributed by atoms with E-state index in [0.717, 1.165) is 29.4 Å². The summed E-state index contributed by atoms with van der Waals surface area (Å²) >= 11 is 13.1. The third-order valence-corrected chi connectivity index (χ3v) is 4.96. The summed E-state index contributed by atoms with van der Waals surface area (Å²) in [7, 11) is 0. The van der Waals surface area contributed by atoms with Gasteiger partial charge in [0.25, 0.3) is 0 Å². The van der Waals surface area contributed by atoms with Crippen molar-refractivity contribution in [3.05, 3.63) is 58.6 Å². The van der Waals surface area contributed by atoms with Gasteiger partial charge in [-0.25, -0.2) is 0 Å². The number of hydrogen-bond donors (Lipinski definition) is 2. The maximum atomic E-state index is 5.88. The lowest BCUT2D eigenvalue weighted by Gasteiger charge is -2.15. The summed E-state index contributed by atoms with van der Waals surface area (Å²) in [6.45, 7) is 5.06. The first-order valence-corrected chi connectivity index (χ1v) is 9.39. The van der Waals surface area contributed by atoms with Gasteiger partial charge in [-0.15, -0.1) is 11.8 Å². The molecular weight excluding hydrogens is 344 g/mol. The van der Waals surface area contributed by atoms with Crippen molar-refractivity contribution in [3.8, 4) is 0 Å². The maximum Gasteiger partial charge on any atom is 0.170 e. The fourth-order valence-corrected chi connectivity index (χ4v) is 3.32. The van der Waals surface area contributed by atoms with Crippen molar-refractivity contribution < 1.29 is 0 Å². The number of benzene rings is 2. The monoisotopic (exact) mass is 364 g/mol. The predicted molar refractivity (Wildman–Crippen MR) is 107 cm³/mol. The van der Waals surface area contributed by atoms with E-state index in [1.165, 1.54) is 16.0 Å². The van der Waals surface area contributed by atoms with E-state index in [-0.39, 0.29) is 0 Å². The lowest BCUT2D eigenvalue weighted by Crippen LogP contribution is -2.30. The maximum absolute atomic E-state index is 5.88. The number of rotatable bonds is 6. The number of halogens is 1. The fraction of sp³-hybridized carbons (Fsp3) is 0.278. The van der Waals surface area contributed by atoms with Crippen molar-refractivity contribution in [1.29, 1.82) is 0 Å². The molecule has 0 unspecified atom stereocenters. The first kappa shape index (κ1) is 18.1. The molecule has 122 valence electrons. The van der Waals surface area contributed by atoms with Gasteiger partial charge in [0.1, 0.15) is 0 Å². The third kappa shape index (κ3) is 5.72. The van der Waals surface area contributed by atoms with Crippen LogP contribution in [0.15, 0.2) is 47.4 Å². The summed E-state index contributed by atoms with van der Waals surface area (Å²) in [5.41, 5.74) is 3.62. The molecule has 0 spiro atoms. The molecule has 2 aromatic rings. The Morgan fingerprint density at radius 3 is 2.61 bits per heavy atom. The first-order valence-electron chi connectivity index (χ1n) is 7.62. The van der Waals surface area contributed by atoms with Crippen LogP contribution in [0.4, 0.5) is 5.69 Å². The second kappa shape index (κ2) is 9.16. The zero-order valence-electron chi connectivity index (χ0n) is 13.4. The molecule has 0 aliphatic carbocycles. The zero-order valence-corrected chi connectivity index (χ0v) is 15.7. The van der Waals surface area contributed by atoms with E-state index in [0.29, 0.717) is 5.11 Å². The largest absolute Gasteiger partial charge is 0.362 e. The average molecular weight is 365 g/mol. The van der Waals surface area contributed by atoms with Crippen molar-refractivity contribution in [2.24, 2.45) is 0 Å². The number of thiocarbonyl (C=S) groups is 1. The van der Waals surface area contributed by atoms with Crippen LogP contribution in [0.1, 0.15) is 18.1 Å². The number of hydrogen-bond acceptors (Lipinski definition) is 2. The van der Waals surface area contributed by atoms with Crippen LogP contribution < -0.4 is 10.6 Å². The molecule has 0 saturated heterocycles. The van der Waals surface area contributed by atoms with Crippen LogP contribution in [0.2, 0.25) is 5.02 Å². The fourth-order valence-electron chi connectivity index (χ4n) is 2.22. The minimum atomic E-state index is 0.672. The molecule has 2 nitrogen and oxygen atoms in total. The van der Waals surface area contributed by atoms with E-state index in [1.54, 1.807) is 11.8 Å². The van der Waals surface area contributed by atoms with Crippen LogP contribution in [0, 0.1) is 6.92 Å². The summed E-state index contributed by atoms with van der Waals surface area (Å²) in [5.74, 6) is 0.942. The van der Waals surface area contributed by atoms with Gasteiger partial charge in [0.2, 0.25) is 0 Å². The Bertz CT molecular complexity index is 657. The second-order valence-corrected chi connectivity index (χ2v) is 7.16. The first-order chi connectivity index (χ1) is 11.1. The molecule has 0 heterocycles. The van der Waals surface area contributed by atoms with Crippen LogP contribution in [0.5, 0.6) is 0 Å². The minimum absolute atomic E-state index is 0.672. The van der Waals surface area contributed by atoms with Crippen LogP contribution in [0.3, 0.4) is 0 Å². The molecule has 0 radical (unpaired) electrons. The van der Waals surface area contributed by atoms with Crippen molar-refractivity contribution in [2.75, 3.05) is 17.6 Å². The molecule has 0 amide bonds. The molecule has 23 heavy (non-hydrogen) atoms. The number of aryl methyl sites for hydroxylation is 2. The van der Waals surface area contributed by atoms with E-state index >= 15 is 0 Å². The van der Waals surface area contributed by atoms with Gasteiger partial charge < -0.3 is 10.6 Å². The molecule has 0 aliphatic heterocycles. The Labute approximate surface area is 153 Å². The SMILES string of the molecule is CCc1cccc(C)c1NC(=S)NCCSc1ccc(Cl)cc1. The van der Waals surface area contributed by atoms with Crippen LogP contribution >= 0.6 is 35.6 Å². The molecule has 0 fully saturated rings. The van der Waals surface area contributed by atoms with Crippen LogP contribution in [0.25, 0.3) is 0 Å².